The molecule has 19 heavy (non-hydrogen) atoms. The highest BCUT2D eigenvalue weighted by molar-refractivity contribution is 7.99. The van der Waals surface area contributed by atoms with Crippen molar-refractivity contribution < 1.29 is 4.79 Å². The third-order valence-corrected chi connectivity index (χ3v) is 3.68. The molecule has 2 aromatic rings. The molecule has 2 rings (SSSR count). The van der Waals surface area contributed by atoms with Gasteiger partial charge in [0.05, 0.1) is 5.75 Å². The Morgan fingerprint density at radius 3 is 2.89 bits per heavy atom. The molecule has 0 spiro atoms. The molecule has 0 aliphatic heterocycles. The summed E-state index contributed by atoms with van der Waals surface area (Å²) in [6.45, 7) is 2.68. The summed E-state index contributed by atoms with van der Waals surface area (Å²) >= 11 is 1.36. The molecular weight excluding hydrogens is 260 g/mol. The quantitative estimate of drug-likeness (QED) is 0.847. The minimum Gasteiger partial charge on any atom is -0.341 e. The number of nitrogens with one attached hydrogen (secondary N) is 1. The molecule has 0 fully saturated rings. The molecule has 1 aromatic heterocycles. The van der Waals surface area contributed by atoms with Gasteiger partial charge in [-0.15, -0.1) is 0 Å². The summed E-state index contributed by atoms with van der Waals surface area (Å²) in [5.41, 5.74) is 2.37. The van der Waals surface area contributed by atoms with E-state index in [1.807, 2.05) is 25.2 Å². The molecule has 0 saturated carbocycles. The lowest BCUT2D eigenvalue weighted by Gasteiger charge is -2.18. The van der Waals surface area contributed by atoms with E-state index in [1.54, 1.807) is 4.90 Å². The van der Waals surface area contributed by atoms with Crippen LogP contribution in [0.25, 0.3) is 0 Å². The van der Waals surface area contributed by atoms with Crippen molar-refractivity contribution in [1.29, 1.82) is 0 Å². The topological polar surface area (TPSA) is 61.9 Å². The lowest BCUT2D eigenvalue weighted by Crippen LogP contribution is -2.28. The number of aromatic nitrogens is 3. The number of amides is 1. The zero-order valence-electron chi connectivity index (χ0n) is 11.0. The van der Waals surface area contributed by atoms with Gasteiger partial charge in [-0.05, 0) is 18.1 Å². The Morgan fingerprint density at radius 1 is 1.42 bits per heavy atom. The fraction of sp³-hybridized carbons (Fsp3) is 0.308. The molecule has 1 N–H and O–H groups in total. The van der Waals surface area contributed by atoms with Gasteiger partial charge in [0, 0.05) is 13.6 Å². The number of aromatic amines is 1. The lowest BCUT2D eigenvalue weighted by atomic mass is 10.1. The summed E-state index contributed by atoms with van der Waals surface area (Å²) in [5.74, 6) is 0.432. The Labute approximate surface area is 116 Å². The van der Waals surface area contributed by atoms with Gasteiger partial charge in [-0.1, -0.05) is 36.0 Å². The molecule has 1 heterocycles. The SMILES string of the molecule is Cc1ccccc1CN(C)C(=O)CSc1ncn[nH]1. The zero-order valence-corrected chi connectivity index (χ0v) is 11.8. The molecular formula is C13H16N4OS. The third kappa shape index (κ3) is 3.82. The first-order chi connectivity index (χ1) is 9.16. The maximum atomic E-state index is 12.0. The van der Waals surface area contributed by atoms with Crippen LogP contribution in [-0.4, -0.2) is 38.8 Å². The fourth-order valence-corrected chi connectivity index (χ4v) is 2.35. The van der Waals surface area contributed by atoms with Gasteiger partial charge >= 0.3 is 0 Å². The molecule has 1 aromatic carbocycles. The first-order valence-corrected chi connectivity index (χ1v) is 6.92. The molecule has 100 valence electrons. The van der Waals surface area contributed by atoms with Crippen LogP contribution < -0.4 is 0 Å². The van der Waals surface area contributed by atoms with E-state index in [0.717, 1.165) is 0 Å². The number of aryl methyl sites for hydroxylation is 1. The Morgan fingerprint density at radius 2 is 2.21 bits per heavy atom. The van der Waals surface area contributed by atoms with E-state index >= 15 is 0 Å². The Balaban J connectivity index is 1.87. The lowest BCUT2D eigenvalue weighted by molar-refractivity contribution is -0.127. The maximum Gasteiger partial charge on any atom is 0.233 e. The van der Waals surface area contributed by atoms with Crippen LogP contribution in [0.3, 0.4) is 0 Å². The summed E-state index contributed by atoms with van der Waals surface area (Å²) in [6.07, 6.45) is 1.43. The van der Waals surface area contributed by atoms with E-state index in [4.69, 9.17) is 0 Å². The second kappa shape index (κ2) is 6.38. The van der Waals surface area contributed by atoms with Crippen LogP contribution >= 0.6 is 11.8 Å². The molecule has 0 radical (unpaired) electrons. The van der Waals surface area contributed by atoms with Crippen LogP contribution in [0.15, 0.2) is 35.7 Å². The van der Waals surface area contributed by atoms with Gasteiger partial charge in [0.15, 0.2) is 5.16 Å². The highest BCUT2D eigenvalue weighted by Gasteiger charge is 2.11. The molecule has 0 atom stereocenters. The van der Waals surface area contributed by atoms with Gasteiger partial charge < -0.3 is 4.90 Å². The Kier molecular flexibility index (Phi) is 4.57. The summed E-state index contributed by atoms with van der Waals surface area (Å²) in [5, 5.41) is 7.13. The van der Waals surface area contributed by atoms with Crippen molar-refractivity contribution in [3.63, 3.8) is 0 Å². The van der Waals surface area contributed by atoms with E-state index in [0.29, 0.717) is 17.5 Å². The van der Waals surface area contributed by atoms with Crippen molar-refractivity contribution in [3.05, 3.63) is 41.7 Å². The molecule has 5 nitrogen and oxygen atoms in total. The first kappa shape index (κ1) is 13.6. The number of hydrogen-bond donors (Lipinski definition) is 1. The van der Waals surface area contributed by atoms with Crippen molar-refractivity contribution >= 4 is 17.7 Å². The standard InChI is InChI=1S/C13H16N4OS/c1-10-5-3-4-6-11(10)7-17(2)12(18)8-19-13-14-9-15-16-13/h3-6,9H,7-8H2,1-2H3,(H,14,15,16). The second-order valence-corrected chi connectivity index (χ2v) is 5.22. The number of carbonyl (C=O) groups excluding carboxylic acids is 1. The van der Waals surface area contributed by atoms with E-state index < -0.39 is 0 Å². The fourth-order valence-electron chi connectivity index (χ4n) is 1.64. The van der Waals surface area contributed by atoms with Gasteiger partial charge in [0.1, 0.15) is 6.33 Å². The highest BCUT2D eigenvalue weighted by Crippen LogP contribution is 2.13. The van der Waals surface area contributed by atoms with Crippen molar-refractivity contribution in [1.82, 2.24) is 20.1 Å². The monoisotopic (exact) mass is 276 g/mol. The molecule has 0 unspecified atom stereocenters. The van der Waals surface area contributed by atoms with Crippen LogP contribution in [0.4, 0.5) is 0 Å². The molecule has 0 aliphatic carbocycles. The smallest absolute Gasteiger partial charge is 0.233 e. The van der Waals surface area contributed by atoms with Crippen molar-refractivity contribution in [3.8, 4) is 0 Å². The normalized spacial score (nSPS) is 10.4. The van der Waals surface area contributed by atoms with E-state index in [-0.39, 0.29) is 5.91 Å². The summed E-state index contributed by atoms with van der Waals surface area (Å²) in [6, 6.07) is 8.09. The van der Waals surface area contributed by atoms with Gasteiger partial charge in [0.25, 0.3) is 0 Å². The molecule has 0 bridgehead atoms. The first-order valence-electron chi connectivity index (χ1n) is 5.93. The molecule has 6 heteroatoms. The number of nitrogens with zero attached hydrogens (tertiary/aromatic N) is 3. The number of carbonyl (C=O) groups is 1. The van der Waals surface area contributed by atoms with Gasteiger partial charge in [-0.2, -0.15) is 5.10 Å². The average Bonchev–Trinajstić information content (AvgIpc) is 2.91. The van der Waals surface area contributed by atoms with E-state index in [1.165, 1.54) is 29.2 Å². The van der Waals surface area contributed by atoms with Crippen molar-refractivity contribution in [2.45, 2.75) is 18.6 Å². The number of H-pyrrole nitrogens is 1. The summed E-state index contributed by atoms with van der Waals surface area (Å²) < 4.78 is 0. The number of rotatable bonds is 5. The second-order valence-electron chi connectivity index (χ2n) is 4.26. The summed E-state index contributed by atoms with van der Waals surface area (Å²) in [4.78, 5) is 17.7. The third-order valence-electron chi connectivity index (χ3n) is 2.82. The van der Waals surface area contributed by atoms with E-state index in [2.05, 4.69) is 28.2 Å². The Hall–Kier alpha value is -1.82. The Bertz CT molecular complexity index is 541. The molecule has 0 aliphatic rings. The van der Waals surface area contributed by atoms with Crippen molar-refractivity contribution in [2.24, 2.45) is 0 Å². The van der Waals surface area contributed by atoms with Crippen LogP contribution in [0.2, 0.25) is 0 Å². The molecule has 1 amide bonds. The van der Waals surface area contributed by atoms with Gasteiger partial charge in [-0.3, -0.25) is 9.89 Å². The summed E-state index contributed by atoms with van der Waals surface area (Å²) in [7, 11) is 1.82. The maximum absolute atomic E-state index is 12.0. The largest absolute Gasteiger partial charge is 0.341 e. The van der Waals surface area contributed by atoms with Crippen molar-refractivity contribution in [2.75, 3.05) is 12.8 Å². The minimum absolute atomic E-state index is 0.0738. The van der Waals surface area contributed by atoms with E-state index in [9.17, 15) is 4.79 Å². The number of benzene rings is 1. The molecule has 0 saturated heterocycles. The predicted octanol–water partition coefficient (Wildman–Crippen LogP) is 1.86. The minimum atomic E-state index is 0.0738. The van der Waals surface area contributed by atoms with Gasteiger partial charge in [0.2, 0.25) is 5.91 Å². The van der Waals surface area contributed by atoms with Crippen LogP contribution in [0, 0.1) is 6.92 Å². The van der Waals surface area contributed by atoms with Crippen LogP contribution in [-0.2, 0) is 11.3 Å². The van der Waals surface area contributed by atoms with Crippen LogP contribution in [0.5, 0.6) is 0 Å². The van der Waals surface area contributed by atoms with Crippen LogP contribution in [0.1, 0.15) is 11.1 Å². The van der Waals surface area contributed by atoms with Gasteiger partial charge in [-0.25, -0.2) is 4.98 Å². The number of thioether (sulfide) groups is 1. The number of hydrogen-bond acceptors (Lipinski definition) is 4. The highest BCUT2D eigenvalue weighted by atomic mass is 32.2. The predicted molar refractivity (Wildman–Crippen MR) is 74.8 cm³/mol. The average molecular weight is 276 g/mol. The zero-order chi connectivity index (χ0) is 13.7.